The van der Waals surface area contributed by atoms with Crippen LogP contribution in [0, 0.1) is 19.8 Å². The Hall–Kier alpha value is -2.38. The monoisotopic (exact) mass is 455 g/mol. The first-order chi connectivity index (χ1) is 15.2. The lowest BCUT2D eigenvalue weighted by Crippen LogP contribution is -2.24. The summed E-state index contributed by atoms with van der Waals surface area (Å²) in [4.78, 5) is 31.0. The van der Waals surface area contributed by atoms with Crippen LogP contribution < -0.4 is 5.56 Å². The third kappa shape index (κ3) is 5.15. The van der Waals surface area contributed by atoms with E-state index in [0.717, 1.165) is 23.4 Å². The minimum absolute atomic E-state index is 0.0387. The van der Waals surface area contributed by atoms with Gasteiger partial charge in [-0.05, 0) is 51.3 Å². The fraction of sp³-hybridized carbons (Fsp3) is 0.480. The molecular weight excluding hydrogens is 422 g/mol. The molecule has 3 rings (SSSR count). The number of thioether (sulfide) groups is 1. The second kappa shape index (κ2) is 10.5. The van der Waals surface area contributed by atoms with E-state index in [9.17, 15) is 9.59 Å². The van der Waals surface area contributed by atoms with Gasteiger partial charge in [-0.3, -0.25) is 14.2 Å². The molecule has 0 bridgehead atoms. The highest BCUT2D eigenvalue weighted by molar-refractivity contribution is 7.99. The fourth-order valence-electron chi connectivity index (χ4n) is 4.10. The van der Waals surface area contributed by atoms with E-state index in [2.05, 4.69) is 25.3 Å². The van der Waals surface area contributed by atoms with Crippen molar-refractivity contribution in [2.75, 3.05) is 19.5 Å². The normalized spacial score (nSPS) is 12.6. The van der Waals surface area contributed by atoms with Gasteiger partial charge in [-0.1, -0.05) is 37.7 Å². The van der Waals surface area contributed by atoms with E-state index < -0.39 is 0 Å². The molecule has 7 heteroatoms. The Morgan fingerprint density at radius 1 is 1.19 bits per heavy atom. The summed E-state index contributed by atoms with van der Waals surface area (Å²) in [6, 6.07) is 9.49. The molecule has 1 aromatic carbocycles. The molecule has 0 fully saturated rings. The molecule has 6 nitrogen and oxygen atoms in total. The highest BCUT2D eigenvalue weighted by Gasteiger charge is 2.20. The Bertz CT molecular complexity index is 1160. The number of Topliss-reactive ketones (excluding diaryl/α,β-unsaturated/α-hetero) is 1. The molecule has 0 saturated heterocycles. The van der Waals surface area contributed by atoms with Crippen LogP contribution in [0.4, 0.5) is 0 Å². The molecule has 0 amide bonds. The average molecular weight is 456 g/mol. The first-order valence-electron chi connectivity index (χ1n) is 11.1. The van der Waals surface area contributed by atoms with Crippen LogP contribution in [0.5, 0.6) is 0 Å². The summed E-state index contributed by atoms with van der Waals surface area (Å²) in [6.07, 6.45) is 0.875. The molecule has 2 heterocycles. The Morgan fingerprint density at radius 3 is 2.59 bits per heavy atom. The zero-order valence-electron chi connectivity index (χ0n) is 19.8. The van der Waals surface area contributed by atoms with E-state index in [1.54, 1.807) is 11.7 Å². The fourth-order valence-corrected chi connectivity index (χ4v) is 5.01. The van der Waals surface area contributed by atoms with E-state index in [1.807, 2.05) is 44.2 Å². The second-order valence-electron chi connectivity index (χ2n) is 8.72. The number of carbonyl (C=O) groups excluding carboxylic acids is 1. The Balaban J connectivity index is 1.88. The number of ether oxygens (including phenoxy) is 1. The topological polar surface area (TPSA) is 66.1 Å². The Morgan fingerprint density at radius 2 is 1.91 bits per heavy atom. The Kier molecular flexibility index (Phi) is 7.96. The summed E-state index contributed by atoms with van der Waals surface area (Å²) in [6.45, 7) is 11.5. The van der Waals surface area contributed by atoms with Crippen LogP contribution in [0.3, 0.4) is 0 Å². The van der Waals surface area contributed by atoms with Gasteiger partial charge in [0.2, 0.25) is 0 Å². The molecule has 1 unspecified atom stereocenters. The molecule has 32 heavy (non-hydrogen) atoms. The molecule has 3 aromatic rings. The van der Waals surface area contributed by atoms with Gasteiger partial charge in [-0.15, -0.1) is 0 Å². The molecule has 0 spiro atoms. The van der Waals surface area contributed by atoms with Crippen molar-refractivity contribution in [1.82, 2.24) is 14.1 Å². The van der Waals surface area contributed by atoms with Gasteiger partial charge in [0.05, 0.1) is 29.3 Å². The summed E-state index contributed by atoms with van der Waals surface area (Å²) in [5, 5.41) is 1.21. The highest BCUT2D eigenvalue weighted by atomic mass is 32.2. The van der Waals surface area contributed by atoms with Gasteiger partial charge in [0.15, 0.2) is 10.9 Å². The number of aromatic nitrogens is 3. The second-order valence-corrected chi connectivity index (χ2v) is 9.66. The molecule has 0 aliphatic rings. The van der Waals surface area contributed by atoms with E-state index in [1.165, 1.54) is 11.8 Å². The molecular formula is C25H33N3O3S. The number of hydrogen-bond donors (Lipinski definition) is 0. The predicted molar refractivity (Wildman–Crippen MR) is 131 cm³/mol. The minimum Gasteiger partial charge on any atom is -0.383 e. The van der Waals surface area contributed by atoms with E-state index in [-0.39, 0.29) is 23.1 Å². The molecule has 0 saturated carbocycles. The number of ketones is 1. The number of para-hydroxylation sites is 1. The smallest absolute Gasteiger partial charge is 0.262 e. The van der Waals surface area contributed by atoms with Crippen LogP contribution in [0.25, 0.3) is 10.9 Å². The molecule has 172 valence electrons. The maximum absolute atomic E-state index is 13.1. The number of aryl methyl sites for hydroxylation is 1. The SMILES string of the molecule is COCC(C)n1c(C)cc(C(=O)CSc2nc3ccccc3c(=O)n2CCC(C)C)c1C. The number of methoxy groups -OCH3 is 1. The molecule has 0 aliphatic carbocycles. The summed E-state index contributed by atoms with van der Waals surface area (Å²) in [5.74, 6) is 0.735. The lowest BCUT2D eigenvalue weighted by molar-refractivity contribution is 0.102. The third-order valence-corrected chi connectivity index (χ3v) is 6.70. The van der Waals surface area contributed by atoms with Gasteiger partial charge in [0.25, 0.3) is 5.56 Å². The van der Waals surface area contributed by atoms with E-state index in [0.29, 0.717) is 35.1 Å². The number of nitrogens with zero attached hydrogens (tertiary/aromatic N) is 3. The van der Waals surface area contributed by atoms with Crippen molar-refractivity contribution >= 4 is 28.4 Å². The summed E-state index contributed by atoms with van der Waals surface area (Å²) in [7, 11) is 1.68. The van der Waals surface area contributed by atoms with Crippen LogP contribution in [0.2, 0.25) is 0 Å². The van der Waals surface area contributed by atoms with E-state index in [4.69, 9.17) is 9.72 Å². The largest absolute Gasteiger partial charge is 0.383 e. The molecule has 0 aliphatic heterocycles. The predicted octanol–water partition coefficient (Wildman–Crippen LogP) is 5.04. The van der Waals surface area contributed by atoms with Crippen LogP contribution in [-0.2, 0) is 11.3 Å². The first-order valence-corrected chi connectivity index (χ1v) is 12.1. The summed E-state index contributed by atoms with van der Waals surface area (Å²) >= 11 is 1.34. The van der Waals surface area contributed by atoms with Crippen LogP contribution in [0.1, 0.15) is 55.0 Å². The van der Waals surface area contributed by atoms with Gasteiger partial charge in [0, 0.05) is 30.6 Å². The van der Waals surface area contributed by atoms with Crippen molar-refractivity contribution in [3.8, 4) is 0 Å². The Labute approximate surface area is 194 Å². The van der Waals surface area contributed by atoms with Crippen LogP contribution in [0.15, 0.2) is 40.3 Å². The molecule has 1 atom stereocenters. The molecule has 0 radical (unpaired) electrons. The maximum Gasteiger partial charge on any atom is 0.262 e. The van der Waals surface area contributed by atoms with Crippen molar-refractivity contribution in [2.24, 2.45) is 5.92 Å². The van der Waals surface area contributed by atoms with Crippen molar-refractivity contribution in [3.63, 3.8) is 0 Å². The number of rotatable bonds is 10. The van der Waals surface area contributed by atoms with Gasteiger partial charge in [-0.2, -0.15) is 0 Å². The molecule has 0 N–H and O–H groups in total. The minimum atomic E-state index is -0.0437. The zero-order chi connectivity index (χ0) is 23.4. The lowest BCUT2D eigenvalue weighted by atomic mass is 10.1. The summed E-state index contributed by atoms with van der Waals surface area (Å²) < 4.78 is 9.17. The first kappa shape index (κ1) is 24.3. The quantitative estimate of drug-likeness (QED) is 0.243. The average Bonchev–Trinajstić information content (AvgIpc) is 3.05. The third-order valence-electron chi connectivity index (χ3n) is 5.72. The van der Waals surface area contributed by atoms with Crippen molar-refractivity contribution in [1.29, 1.82) is 0 Å². The zero-order valence-corrected chi connectivity index (χ0v) is 20.7. The van der Waals surface area contributed by atoms with Crippen LogP contribution in [-0.4, -0.2) is 39.4 Å². The number of carbonyl (C=O) groups is 1. The number of fused-ring (bicyclic) bond motifs is 1. The van der Waals surface area contributed by atoms with Gasteiger partial charge in [-0.25, -0.2) is 4.98 Å². The number of hydrogen-bond acceptors (Lipinski definition) is 5. The van der Waals surface area contributed by atoms with Gasteiger partial charge >= 0.3 is 0 Å². The number of benzene rings is 1. The van der Waals surface area contributed by atoms with Crippen molar-refractivity contribution in [3.05, 3.63) is 57.6 Å². The standard InChI is InChI=1S/C25H33N3O3S/c1-16(2)11-12-27-24(30)20-9-7-8-10-22(20)26-25(27)32-15-23(29)21-13-17(3)28(19(21)5)18(4)14-31-6/h7-10,13,16,18H,11-12,14-15H2,1-6H3. The molecule has 2 aromatic heterocycles. The van der Waals surface area contributed by atoms with Crippen molar-refractivity contribution < 1.29 is 9.53 Å². The highest BCUT2D eigenvalue weighted by Crippen LogP contribution is 2.24. The van der Waals surface area contributed by atoms with Crippen LogP contribution >= 0.6 is 11.8 Å². The van der Waals surface area contributed by atoms with Gasteiger partial charge in [0.1, 0.15) is 0 Å². The summed E-state index contributed by atoms with van der Waals surface area (Å²) in [5.41, 5.74) is 3.33. The van der Waals surface area contributed by atoms with Crippen molar-refractivity contribution in [2.45, 2.75) is 58.8 Å². The van der Waals surface area contributed by atoms with E-state index >= 15 is 0 Å². The van der Waals surface area contributed by atoms with Gasteiger partial charge < -0.3 is 9.30 Å². The lowest BCUT2D eigenvalue weighted by Gasteiger charge is -2.17. The maximum atomic E-state index is 13.1.